The average Bonchev–Trinajstić information content (AvgIpc) is 2.67. The second-order valence-electron chi connectivity index (χ2n) is 6.78. The maximum atomic E-state index is 12.5. The molecule has 2 aliphatic rings. The van der Waals surface area contributed by atoms with Crippen molar-refractivity contribution in [3.05, 3.63) is 35.4 Å². The summed E-state index contributed by atoms with van der Waals surface area (Å²) >= 11 is 0. The molecule has 0 aromatic heterocycles. The molecule has 2 fully saturated rings. The highest BCUT2D eigenvalue weighted by atomic mass is 35.5. The molecule has 2 amide bonds. The predicted molar refractivity (Wildman–Crippen MR) is 102 cm³/mol. The number of halogens is 1. The van der Waals surface area contributed by atoms with Gasteiger partial charge in [-0.3, -0.25) is 9.59 Å². The van der Waals surface area contributed by atoms with Crippen LogP contribution in [-0.2, 0) is 16.1 Å². The Kier molecular flexibility index (Phi) is 7.87. The van der Waals surface area contributed by atoms with E-state index in [1.165, 1.54) is 6.42 Å². The van der Waals surface area contributed by atoms with Crippen LogP contribution in [0.4, 0.5) is 0 Å². The number of hydrogen-bond acceptors (Lipinski definition) is 4. The van der Waals surface area contributed by atoms with E-state index in [2.05, 4.69) is 10.6 Å². The molecule has 0 unspecified atom stereocenters. The molecular weight excluding hydrogens is 354 g/mol. The Morgan fingerprint density at radius 3 is 2.54 bits per heavy atom. The number of rotatable bonds is 4. The molecule has 1 aromatic carbocycles. The van der Waals surface area contributed by atoms with Crippen LogP contribution in [0.25, 0.3) is 0 Å². The van der Waals surface area contributed by atoms with E-state index in [9.17, 15) is 9.59 Å². The Morgan fingerprint density at radius 2 is 1.88 bits per heavy atom. The molecule has 0 spiro atoms. The van der Waals surface area contributed by atoms with E-state index < -0.39 is 0 Å². The van der Waals surface area contributed by atoms with Gasteiger partial charge in [-0.15, -0.1) is 12.4 Å². The Hall–Kier alpha value is -1.63. The number of amides is 2. The zero-order chi connectivity index (χ0) is 17.6. The Bertz CT molecular complexity index is 603. The van der Waals surface area contributed by atoms with E-state index in [1.807, 2.05) is 36.1 Å². The normalized spacial score (nSPS) is 23.0. The lowest BCUT2D eigenvalue weighted by molar-refractivity contribution is -0.129. The van der Waals surface area contributed by atoms with Crippen molar-refractivity contribution < 1.29 is 14.3 Å². The number of carbonyl (C=O) groups is 2. The number of nitrogens with one attached hydrogen (secondary N) is 2. The third-order valence-electron chi connectivity index (χ3n) is 4.91. The summed E-state index contributed by atoms with van der Waals surface area (Å²) in [7, 11) is 0. The van der Waals surface area contributed by atoms with Crippen LogP contribution in [0.5, 0.6) is 0 Å². The van der Waals surface area contributed by atoms with Gasteiger partial charge in [-0.2, -0.15) is 0 Å². The lowest BCUT2D eigenvalue weighted by Gasteiger charge is -2.29. The average molecular weight is 382 g/mol. The molecule has 0 radical (unpaired) electrons. The molecular formula is C19H28ClN3O3. The summed E-state index contributed by atoms with van der Waals surface area (Å²) in [5, 5.41) is 6.11. The van der Waals surface area contributed by atoms with Crippen molar-refractivity contribution in [2.45, 2.75) is 44.9 Å². The fourth-order valence-corrected chi connectivity index (χ4v) is 3.37. The van der Waals surface area contributed by atoms with Crippen molar-refractivity contribution >= 4 is 24.2 Å². The number of carbonyl (C=O) groups excluding carboxylic acids is 2. The Balaban J connectivity index is 0.00000243. The molecule has 3 rings (SSSR count). The molecule has 144 valence electrons. The van der Waals surface area contributed by atoms with Crippen molar-refractivity contribution in [3.8, 4) is 0 Å². The molecule has 1 aromatic rings. The monoisotopic (exact) mass is 381 g/mol. The first-order valence-corrected chi connectivity index (χ1v) is 9.16. The topological polar surface area (TPSA) is 70.7 Å². The molecule has 2 saturated heterocycles. The van der Waals surface area contributed by atoms with E-state index >= 15 is 0 Å². The minimum Gasteiger partial charge on any atom is -0.375 e. The van der Waals surface area contributed by atoms with Gasteiger partial charge in [0.05, 0.1) is 12.7 Å². The van der Waals surface area contributed by atoms with E-state index in [0.717, 1.165) is 31.5 Å². The SMILES string of the molecule is C[C@H]1OCCN[C@@H]1C(=O)NCc1ccc(C(=O)N2CCCCC2)cc1.Cl. The van der Waals surface area contributed by atoms with Crippen LogP contribution in [0.3, 0.4) is 0 Å². The maximum Gasteiger partial charge on any atom is 0.253 e. The van der Waals surface area contributed by atoms with Gasteiger partial charge in [-0.1, -0.05) is 12.1 Å². The summed E-state index contributed by atoms with van der Waals surface area (Å²) in [6.45, 7) is 5.38. The maximum absolute atomic E-state index is 12.5. The van der Waals surface area contributed by atoms with Gasteiger partial charge in [-0.25, -0.2) is 0 Å². The zero-order valence-electron chi connectivity index (χ0n) is 15.2. The molecule has 6 nitrogen and oxygen atoms in total. The van der Waals surface area contributed by atoms with Crippen molar-refractivity contribution in [2.24, 2.45) is 0 Å². The smallest absolute Gasteiger partial charge is 0.253 e. The van der Waals surface area contributed by atoms with Gasteiger partial charge in [0.15, 0.2) is 0 Å². The fourth-order valence-electron chi connectivity index (χ4n) is 3.37. The van der Waals surface area contributed by atoms with Crippen LogP contribution in [0.2, 0.25) is 0 Å². The molecule has 2 N–H and O–H groups in total. The van der Waals surface area contributed by atoms with E-state index in [0.29, 0.717) is 25.3 Å². The molecule has 2 heterocycles. The van der Waals surface area contributed by atoms with Gasteiger partial charge in [0.25, 0.3) is 5.91 Å². The van der Waals surface area contributed by atoms with Gasteiger partial charge in [-0.05, 0) is 43.9 Å². The van der Waals surface area contributed by atoms with Gasteiger partial charge < -0.3 is 20.3 Å². The molecule has 0 aliphatic carbocycles. The molecule has 2 aliphatic heterocycles. The second-order valence-corrected chi connectivity index (χ2v) is 6.78. The van der Waals surface area contributed by atoms with Crippen LogP contribution < -0.4 is 10.6 Å². The highest BCUT2D eigenvalue weighted by Gasteiger charge is 2.27. The number of morpholine rings is 1. The van der Waals surface area contributed by atoms with Crippen LogP contribution in [0.15, 0.2) is 24.3 Å². The standard InChI is InChI=1S/C19H27N3O3.ClH/c1-14-17(20-9-12-25-14)18(23)21-13-15-5-7-16(8-6-15)19(24)22-10-3-2-4-11-22;/h5-8,14,17,20H,2-4,9-13H2,1H3,(H,21,23);1H/t14-,17+;/m1./s1. The first-order valence-electron chi connectivity index (χ1n) is 9.16. The van der Waals surface area contributed by atoms with Gasteiger partial charge in [0, 0.05) is 31.7 Å². The van der Waals surface area contributed by atoms with Gasteiger partial charge >= 0.3 is 0 Å². The van der Waals surface area contributed by atoms with Gasteiger partial charge in [0.1, 0.15) is 6.04 Å². The molecule has 2 atom stereocenters. The summed E-state index contributed by atoms with van der Waals surface area (Å²) in [4.78, 5) is 26.6. The minimum absolute atomic E-state index is 0. The molecule has 0 bridgehead atoms. The Labute approximate surface area is 161 Å². The van der Waals surface area contributed by atoms with Crippen LogP contribution in [0, 0.1) is 0 Å². The third kappa shape index (κ3) is 5.19. The Morgan fingerprint density at radius 1 is 1.19 bits per heavy atom. The largest absolute Gasteiger partial charge is 0.375 e. The third-order valence-corrected chi connectivity index (χ3v) is 4.91. The quantitative estimate of drug-likeness (QED) is 0.833. The highest BCUT2D eigenvalue weighted by Crippen LogP contribution is 2.14. The summed E-state index contributed by atoms with van der Waals surface area (Å²) in [5.41, 5.74) is 1.70. The first kappa shape index (κ1) is 20.7. The van der Waals surface area contributed by atoms with Crippen molar-refractivity contribution in [1.82, 2.24) is 15.5 Å². The summed E-state index contributed by atoms with van der Waals surface area (Å²) in [6.07, 6.45) is 3.26. The molecule has 0 saturated carbocycles. The fraction of sp³-hybridized carbons (Fsp3) is 0.579. The number of benzene rings is 1. The number of hydrogen-bond donors (Lipinski definition) is 2. The highest BCUT2D eigenvalue weighted by molar-refractivity contribution is 5.94. The van der Waals surface area contributed by atoms with Crippen molar-refractivity contribution in [2.75, 3.05) is 26.2 Å². The lowest BCUT2D eigenvalue weighted by atomic mass is 10.1. The minimum atomic E-state index is -0.311. The predicted octanol–water partition coefficient (Wildman–Crippen LogP) is 1.73. The number of nitrogens with zero attached hydrogens (tertiary/aromatic N) is 1. The van der Waals surface area contributed by atoms with E-state index in [1.54, 1.807) is 0 Å². The lowest BCUT2D eigenvalue weighted by Crippen LogP contribution is -2.55. The first-order chi connectivity index (χ1) is 12.1. The summed E-state index contributed by atoms with van der Waals surface area (Å²) in [6, 6.07) is 7.21. The summed E-state index contributed by atoms with van der Waals surface area (Å²) in [5.74, 6) is 0.0494. The number of ether oxygens (including phenoxy) is 1. The summed E-state index contributed by atoms with van der Waals surface area (Å²) < 4.78 is 5.50. The molecule has 7 heteroatoms. The van der Waals surface area contributed by atoms with Crippen LogP contribution >= 0.6 is 12.4 Å². The second kappa shape index (κ2) is 9.90. The number of likely N-dealkylation sites (tertiary alicyclic amines) is 1. The van der Waals surface area contributed by atoms with Crippen LogP contribution in [0.1, 0.15) is 42.1 Å². The molecule has 26 heavy (non-hydrogen) atoms. The van der Waals surface area contributed by atoms with E-state index in [4.69, 9.17) is 4.74 Å². The van der Waals surface area contributed by atoms with Crippen molar-refractivity contribution in [1.29, 1.82) is 0 Å². The van der Waals surface area contributed by atoms with Crippen molar-refractivity contribution in [3.63, 3.8) is 0 Å². The van der Waals surface area contributed by atoms with Gasteiger partial charge in [0.2, 0.25) is 5.91 Å². The number of piperidine rings is 1. The van der Waals surface area contributed by atoms with Crippen LogP contribution in [-0.4, -0.2) is 55.1 Å². The zero-order valence-corrected chi connectivity index (χ0v) is 16.0. The van der Waals surface area contributed by atoms with E-state index in [-0.39, 0.29) is 36.4 Å².